The molecule has 0 unspecified atom stereocenters. The van der Waals surface area contributed by atoms with E-state index in [1.807, 2.05) is 18.2 Å². The summed E-state index contributed by atoms with van der Waals surface area (Å²) in [4.78, 5) is 10.6. The maximum Gasteiger partial charge on any atom is 0.150 e. The van der Waals surface area contributed by atoms with Crippen molar-refractivity contribution < 1.29 is 14.3 Å². The van der Waals surface area contributed by atoms with Gasteiger partial charge >= 0.3 is 0 Å². The van der Waals surface area contributed by atoms with Gasteiger partial charge in [-0.25, -0.2) is 0 Å². The lowest BCUT2D eigenvalue weighted by Crippen LogP contribution is -1.87. The maximum absolute atomic E-state index is 10.6. The third-order valence-corrected chi connectivity index (χ3v) is 2.27. The van der Waals surface area contributed by atoms with Gasteiger partial charge in [0, 0.05) is 11.6 Å². The van der Waals surface area contributed by atoms with E-state index in [1.165, 1.54) is 0 Å². The Morgan fingerprint density at radius 1 is 0.941 bits per heavy atom. The molecule has 0 aromatic heterocycles. The van der Waals surface area contributed by atoms with Gasteiger partial charge in [0.1, 0.15) is 23.5 Å². The molecule has 2 aromatic carbocycles. The van der Waals surface area contributed by atoms with E-state index in [1.54, 1.807) is 37.4 Å². The Morgan fingerprint density at radius 3 is 2.29 bits per heavy atom. The first kappa shape index (κ1) is 11.2. The van der Waals surface area contributed by atoms with Gasteiger partial charge in [-0.15, -0.1) is 0 Å². The Morgan fingerprint density at radius 2 is 1.59 bits per heavy atom. The van der Waals surface area contributed by atoms with Crippen molar-refractivity contribution in [2.75, 3.05) is 7.11 Å². The van der Waals surface area contributed by atoms with Gasteiger partial charge in [0.15, 0.2) is 0 Å². The Kier molecular flexibility index (Phi) is 3.40. The van der Waals surface area contributed by atoms with Gasteiger partial charge in [0.25, 0.3) is 0 Å². The van der Waals surface area contributed by atoms with E-state index in [4.69, 9.17) is 9.47 Å². The number of carbonyl (C=O) groups is 1. The number of hydrogen-bond donors (Lipinski definition) is 0. The van der Waals surface area contributed by atoms with Gasteiger partial charge in [0.2, 0.25) is 0 Å². The average Bonchev–Trinajstić information content (AvgIpc) is 2.39. The molecule has 0 aliphatic carbocycles. The van der Waals surface area contributed by atoms with Gasteiger partial charge in [-0.1, -0.05) is 18.2 Å². The van der Waals surface area contributed by atoms with Crippen LogP contribution >= 0.6 is 0 Å². The molecule has 3 heteroatoms. The standard InChI is InChI=1S/C14H12O3/c1-16-12-5-3-7-14(9-12)17-13-6-2-4-11(8-13)10-15/h2-10H,1H3. The quantitative estimate of drug-likeness (QED) is 0.753. The molecule has 0 aliphatic rings. The van der Waals surface area contributed by atoms with Gasteiger partial charge < -0.3 is 9.47 Å². The molecule has 0 saturated carbocycles. The number of benzene rings is 2. The fourth-order valence-electron chi connectivity index (χ4n) is 1.45. The lowest BCUT2D eigenvalue weighted by atomic mass is 10.2. The van der Waals surface area contributed by atoms with Crippen LogP contribution in [0.15, 0.2) is 48.5 Å². The second-order valence-corrected chi connectivity index (χ2v) is 3.47. The maximum atomic E-state index is 10.6. The topological polar surface area (TPSA) is 35.5 Å². The summed E-state index contributed by atoms with van der Waals surface area (Å²) in [5, 5.41) is 0. The minimum atomic E-state index is 0.588. The summed E-state index contributed by atoms with van der Waals surface area (Å²) in [6.07, 6.45) is 0.790. The molecule has 0 heterocycles. The predicted molar refractivity (Wildman–Crippen MR) is 64.9 cm³/mol. The number of hydrogen-bond acceptors (Lipinski definition) is 3. The van der Waals surface area contributed by atoms with Crippen LogP contribution in [0.4, 0.5) is 0 Å². The van der Waals surface area contributed by atoms with Crippen LogP contribution in [-0.4, -0.2) is 13.4 Å². The zero-order chi connectivity index (χ0) is 12.1. The minimum Gasteiger partial charge on any atom is -0.497 e. The minimum absolute atomic E-state index is 0.588. The van der Waals surface area contributed by atoms with Gasteiger partial charge in [-0.05, 0) is 24.3 Å². The lowest BCUT2D eigenvalue weighted by molar-refractivity contribution is 0.112. The van der Waals surface area contributed by atoms with E-state index >= 15 is 0 Å². The highest BCUT2D eigenvalue weighted by molar-refractivity contribution is 5.75. The normalized spacial score (nSPS) is 9.71. The van der Waals surface area contributed by atoms with E-state index in [-0.39, 0.29) is 0 Å². The largest absolute Gasteiger partial charge is 0.497 e. The van der Waals surface area contributed by atoms with Crippen molar-refractivity contribution in [3.05, 3.63) is 54.1 Å². The van der Waals surface area contributed by atoms with Crippen LogP contribution in [0.2, 0.25) is 0 Å². The Hall–Kier alpha value is -2.29. The fourth-order valence-corrected chi connectivity index (χ4v) is 1.45. The summed E-state index contributed by atoms with van der Waals surface area (Å²) in [6, 6.07) is 14.3. The van der Waals surface area contributed by atoms with E-state index < -0.39 is 0 Å². The van der Waals surface area contributed by atoms with Gasteiger partial charge in [0.05, 0.1) is 7.11 Å². The Labute approximate surface area is 99.6 Å². The smallest absolute Gasteiger partial charge is 0.150 e. The molecular formula is C14H12O3. The number of carbonyl (C=O) groups excluding carboxylic acids is 1. The second-order valence-electron chi connectivity index (χ2n) is 3.47. The Balaban J connectivity index is 2.21. The summed E-state index contributed by atoms with van der Waals surface area (Å²) in [7, 11) is 1.60. The van der Waals surface area contributed by atoms with Crippen LogP contribution in [0, 0.1) is 0 Å². The van der Waals surface area contributed by atoms with Crippen LogP contribution < -0.4 is 9.47 Å². The van der Waals surface area contributed by atoms with Crippen LogP contribution in [0.25, 0.3) is 0 Å². The predicted octanol–water partition coefficient (Wildman–Crippen LogP) is 3.30. The van der Waals surface area contributed by atoms with Crippen LogP contribution in [0.3, 0.4) is 0 Å². The van der Waals surface area contributed by atoms with E-state index in [0.29, 0.717) is 17.1 Å². The SMILES string of the molecule is COc1cccc(Oc2cccc(C=O)c2)c1. The second kappa shape index (κ2) is 5.16. The van der Waals surface area contributed by atoms with Crippen molar-refractivity contribution >= 4 is 6.29 Å². The molecule has 0 radical (unpaired) electrons. The first-order chi connectivity index (χ1) is 8.31. The van der Waals surface area contributed by atoms with Gasteiger partial charge in [-0.2, -0.15) is 0 Å². The van der Waals surface area contributed by atoms with Crippen molar-refractivity contribution in [2.24, 2.45) is 0 Å². The molecule has 0 saturated heterocycles. The van der Waals surface area contributed by atoms with Crippen LogP contribution in [0.1, 0.15) is 10.4 Å². The molecule has 2 rings (SSSR count). The van der Waals surface area contributed by atoms with Crippen molar-refractivity contribution in [2.45, 2.75) is 0 Å². The highest BCUT2D eigenvalue weighted by Gasteiger charge is 2.00. The third-order valence-electron chi connectivity index (χ3n) is 2.27. The first-order valence-corrected chi connectivity index (χ1v) is 5.19. The van der Waals surface area contributed by atoms with Crippen molar-refractivity contribution in [1.29, 1.82) is 0 Å². The number of ether oxygens (including phenoxy) is 2. The highest BCUT2D eigenvalue weighted by Crippen LogP contribution is 2.25. The zero-order valence-corrected chi connectivity index (χ0v) is 9.42. The molecule has 0 atom stereocenters. The molecule has 17 heavy (non-hydrogen) atoms. The molecule has 0 spiro atoms. The molecule has 0 amide bonds. The van der Waals surface area contributed by atoms with Crippen LogP contribution in [0.5, 0.6) is 17.2 Å². The van der Waals surface area contributed by atoms with Crippen molar-refractivity contribution in [1.82, 2.24) is 0 Å². The fraction of sp³-hybridized carbons (Fsp3) is 0.0714. The number of methoxy groups -OCH3 is 1. The molecule has 0 bridgehead atoms. The van der Waals surface area contributed by atoms with Crippen molar-refractivity contribution in [3.8, 4) is 17.2 Å². The molecule has 2 aromatic rings. The van der Waals surface area contributed by atoms with Crippen molar-refractivity contribution in [3.63, 3.8) is 0 Å². The third kappa shape index (κ3) is 2.84. The summed E-state index contributed by atoms with van der Waals surface area (Å²) in [5.41, 5.74) is 0.588. The van der Waals surface area contributed by atoms with E-state index in [0.717, 1.165) is 12.0 Å². The summed E-state index contributed by atoms with van der Waals surface area (Å²) >= 11 is 0. The molecule has 0 aliphatic heterocycles. The molecule has 3 nitrogen and oxygen atoms in total. The zero-order valence-electron chi connectivity index (χ0n) is 9.42. The average molecular weight is 228 g/mol. The van der Waals surface area contributed by atoms with E-state index in [9.17, 15) is 4.79 Å². The Bertz CT molecular complexity index is 520. The number of aldehydes is 1. The van der Waals surface area contributed by atoms with Gasteiger partial charge in [-0.3, -0.25) is 4.79 Å². The van der Waals surface area contributed by atoms with Crippen LogP contribution in [-0.2, 0) is 0 Å². The molecular weight excluding hydrogens is 216 g/mol. The lowest BCUT2D eigenvalue weighted by Gasteiger charge is -2.07. The summed E-state index contributed by atoms with van der Waals surface area (Å²) in [6.45, 7) is 0. The number of rotatable bonds is 4. The first-order valence-electron chi connectivity index (χ1n) is 5.19. The molecule has 86 valence electrons. The summed E-state index contributed by atoms with van der Waals surface area (Å²) in [5.74, 6) is 2.03. The molecule has 0 fully saturated rings. The van der Waals surface area contributed by atoms with E-state index in [2.05, 4.69) is 0 Å². The molecule has 0 N–H and O–H groups in total. The highest BCUT2D eigenvalue weighted by atomic mass is 16.5. The monoisotopic (exact) mass is 228 g/mol. The summed E-state index contributed by atoms with van der Waals surface area (Å²) < 4.78 is 10.7.